The lowest BCUT2D eigenvalue weighted by molar-refractivity contribution is -0.128. The number of amides is 1. The number of hydrogen-bond acceptors (Lipinski definition) is 3. The third-order valence-electron chi connectivity index (χ3n) is 3.17. The fourth-order valence-corrected chi connectivity index (χ4v) is 2.25. The molecule has 0 radical (unpaired) electrons. The Morgan fingerprint density at radius 1 is 1.47 bits per heavy atom. The number of nitrogens with zero attached hydrogens (tertiary/aromatic N) is 1. The first kappa shape index (κ1) is 14.0. The van der Waals surface area contributed by atoms with Gasteiger partial charge in [-0.15, -0.1) is 0 Å². The predicted molar refractivity (Wildman–Crippen MR) is 70.0 cm³/mol. The van der Waals surface area contributed by atoms with E-state index in [0.29, 0.717) is 25.3 Å². The van der Waals surface area contributed by atoms with Crippen LogP contribution in [0.3, 0.4) is 0 Å². The molecule has 5 heteroatoms. The molecule has 19 heavy (non-hydrogen) atoms. The second-order valence-electron chi connectivity index (χ2n) is 4.44. The highest BCUT2D eigenvalue weighted by Crippen LogP contribution is 2.24. The lowest BCUT2D eigenvalue weighted by Crippen LogP contribution is -2.32. The molecule has 1 aliphatic rings. The summed E-state index contributed by atoms with van der Waals surface area (Å²) in [5.74, 6) is -0.283. The second-order valence-corrected chi connectivity index (χ2v) is 4.44. The summed E-state index contributed by atoms with van der Waals surface area (Å²) >= 11 is 0. The number of halogens is 1. The topological polar surface area (TPSA) is 41.6 Å². The van der Waals surface area contributed by atoms with Crippen molar-refractivity contribution in [2.75, 3.05) is 26.3 Å². The van der Waals surface area contributed by atoms with E-state index in [1.165, 1.54) is 6.07 Å². The molecule has 1 heterocycles. The summed E-state index contributed by atoms with van der Waals surface area (Å²) in [4.78, 5) is 13.5. The van der Waals surface area contributed by atoms with E-state index >= 15 is 0 Å². The number of nitrogens with one attached hydrogen (secondary N) is 1. The van der Waals surface area contributed by atoms with E-state index in [2.05, 4.69) is 5.32 Å². The summed E-state index contributed by atoms with van der Waals surface area (Å²) in [5, 5.41) is 3.05. The maximum atomic E-state index is 13.8. The molecule has 0 spiro atoms. The van der Waals surface area contributed by atoms with Gasteiger partial charge in [-0.2, -0.15) is 0 Å². The van der Waals surface area contributed by atoms with Crippen LogP contribution in [0.5, 0.6) is 0 Å². The van der Waals surface area contributed by atoms with E-state index in [9.17, 15) is 9.18 Å². The van der Waals surface area contributed by atoms with Crippen molar-refractivity contribution in [3.8, 4) is 0 Å². The number of ether oxygens (including phenoxy) is 1. The van der Waals surface area contributed by atoms with E-state index in [-0.39, 0.29) is 24.4 Å². The Bertz CT molecular complexity index is 439. The van der Waals surface area contributed by atoms with Gasteiger partial charge in [-0.25, -0.2) is 4.39 Å². The van der Waals surface area contributed by atoms with Gasteiger partial charge in [0.2, 0.25) is 5.91 Å². The molecule has 1 unspecified atom stereocenters. The Morgan fingerprint density at radius 3 is 3.00 bits per heavy atom. The first-order valence-corrected chi connectivity index (χ1v) is 6.59. The van der Waals surface area contributed by atoms with Crippen LogP contribution in [0, 0.1) is 5.82 Å². The van der Waals surface area contributed by atoms with Crippen molar-refractivity contribution in [2.45, 2.75) is 19.5 Å². The zero-order chi connectivity index (χ0) is 13.7. The summed E-state index contributed by atoms with van der Waals surface area (Å²) in [6.45, 7) is 4.05. The quantitative estimate of drug-likeness (QED) is 0.797. The molecule has 0 aliphatic carbocycles. The minimum absolute atomic E-state index is 0.00440. The summed E-state index contributed by atoms with van der Waals surface area (Å²) in [6, 6.07) is 6.55. The monoisotopic (exact) mass is 266 g/mol. The number of benzene rings is 1. The highest BCUT2D eigenvalue weighted by molar-refractivity contribution is 5.80. The number of carbonyl (C=O) groups excluding carboxylic acids is 1. The SMILES string of the molecule is CCOCCCN1C(=O)CNC1c1ccccc1F. The molecule has 1 aromatic carbocycles. The molecule has 1 aliphatic heterocycles. The van der Waals surface area contributed by atoms with E-state index in [1.807, 2.05) is 6.92 Å². The summed E-state index contributed by atoms with van der Waals surface area (Å²) in [5.41, 5.74) is 0.518. The van der Waals surface area contributed by atoms with Crippen LogP contribution < -0.4 is 5.32 Å². The van der Waals surface area contributed by atoms with Crippen LogP contribution in [0.2, 0.25) is 0 Å². The molecule has 1 atom stereocenters. The van der Waals surface area contributed by atoms with Crippen molar-refractivity contribution in [1.29, 1.82) is 0 Å². The highest BCUT2D eigenvalue weighted by atomic mass is 19.1. The minimum Gasteiger partial charge on any atom is -0.382 e. The molecular weight excluding hydrogens is 247 g/mol. The van der Waals surface area contributed by atoms with Crippen molar-refractivity contribution in [2.24, 2.45) is 0 Å². The zero-order valence-electron chi connectivity index (χ0n) is 11.1. The minimum atomic E-state index is -0.365. The Hall–Kier alpha value is -1.46. The number of hydrogen-bond donors (Lipinski definition) is 1. The maximum Gasteiger partial charge on any atom is 0.238 e. The van der Waals surface area contributed by atoms with Crippen molar-refractivity contribution in [3.63, 3.8) is 0 Å². The van der Waals surface area contributed by atoms with Crippen LogP contribution in [0.4, 0.5) is 4.39 Å². The van der Waals surface area contributed by atoms with Crippen molar-refractivity contribution < 1.29 is 13.9 Å². The Balaban J connectivity index is 2.03. The van der Waals surface area contributed by atoms with E-state index in [4.69, 9.17) is 4.74 Å². The molecule has 0 bridgehead atoms. The lowest BCUT2D eigenvalue weighted by atomic mass is 10.1. The second kappa shape index (κ2) is 6.63. The predicted octanol–water partition coefficient (Wildman–Crippen LogP) is 1.68. The van der Waals surface area contributed by atoms with Crippen LogP contribution in [0.25, 0.3) is 0 Å². The Morgan fingerprint density at radius 2 is 2.26 bits per heavy atom. The molecule has 1 fully saturated rings. The van der Waals surface area contributed by atoms with Gasteiger partial charge in [0.05, 0.1) is 6.54 Å². The number of carbonyl (C=O) groups is 1. The average Bonchev–Trinajstić information content (AvgIpc) is 2.77. The van der Waals surface area contributed by atoms with Crippen LogP contribution in [0.15, 0.2) is 24.3 Å². The van der Waals surface area contributed by atoms with E-state index in [0.717, 1.165) is 6.42 Å². The molecule has 104 valence electrons. The molecule has 1 saturated heterocycles. The van der Waals surface area contributed by atoms with Crippen LogP contribution in [-0.2, 0) is 9.53 Å². The standard InChI is InChI=1S/C14H19FN2O2/c1-2-19-9-5-8-17-13(18)10-16-14(17)11-6-3-4-7-12(11)15/h3-4,6-7,14,16H,2,5,8-10H2,1H3. The first-order valence-electron chi connectivity index (χ1n) is 6.59. The van der Waals surface area contributed by atoms with Gasteiger partial charge in [-0.1, -0.05) is 18.2 Å². The number of rotatable bonds is 6. The summed E-state index contributed by atoms with van der Waals surface area (Å²) < 4.78 is 19.0. The third kappa shape index (κ3) is 3.30. The molecule has 0 aromatic heterocycles. The van der Waals surface area contributed by atoms with Crippen LogP contribution >= 0.6 is 0 Å². The van der Waals surface area contributed by atoms with Gasteiger partial charge in [0.15, 0.2) is 0 Å². The normalized spacial score (nSPS) is 19.2. The van der Waals surface area contributed by atoms with Gasteiger partial charge in [-0.05, 0) is 19.4 Å². The van der Waals surface area contributed by atoms with Gasteiger partial charge in [0.25, 0.3) is 0 Å². The Labute approximate surface area is 112 Å². The zero-order valence-corrected chi connectivity index (χ0v) is 11.1. The van der Waals surface area contributed by atoms with Gasteiger partial charge >= 0.3 is 0 Å². The summed E-state index contributed by atoms with van der Waals surface area (Å²) in [7, 11) is 0. The molecule has 0 saturated carbocycles. The third-order valence-corrected chi connectivity index (χ3v) is 3.17. The molecule has 1 N–H and O–H groups in total. The van der Waals surface area contributed by atoms with Crippen LogP contribution in [-0.4, -0.2) is 37.1 Å². The highest BCUT2D eigenvalue weighted by Gasteiger charge is 2.32. The van der Waals surface area contributed by atoms with Crippen LogP contribution in [0.1, 0.15) is 25.1 Å². The maximum absolute atomic E-state index is 13.8. The smallest absolute Gasteiger partial charge is 0.238 e. The fourth-order valence-electron chi connectivity index (χ4n) is 2.25. The first-order chi connectivity index (χ1) is 9.24. The van der Waals surface area contributed by atoms with E-state index in [1.54, 1.807) is 23.1 Å². The lowest BCUT2D eigenvalue weighted by Gasteiger charge is -2.24. The van der Waals surface area contributed by atoms with E-state index < -0.39 is 0 Å². The van der Waals surface area contributed by atoms with Gasteiger partial charge < -0.3 is 9.64 Å². The van der Waals surface area contributed by atoms with Crippen molar-refractivity contribution in [3.05, 3.63) is 35.6 Å². The summed E-state index contributed by atoms with van der Waals surface area (Å²) in [6.07, 6.45) is 0.391. The largest absolute Gasteiger partial charge is 0.382 e. The van der Waals surface area contributed by atoms with Gasteiger partial charge in [0.1, 0.15) is 12.0 Å². The van der Waals surface area contributed by atoms with Crippen molar-refractivity contribution >= 4 is 5.91 Å². The molecule has 1 aromatic rings. The van der Waals surface area contributed by atoms with Gasteiger partial charge in [-0.3, -0.25) is 10.1 Å². The Kier molecular flexibility index (Phi) is 4.87. The van der Waals surface area contributed by atoms with Gasteiger partial charge in [0, 0.05) is 25.3 Å². The molecule has 2 rings (SSSR count). The average molecular weight is 266 g/mol. The fraction of sp³-hybridized carbons (Fsp3) is 0.500. The molecule has 1 amide bonds. The molecule has 4 nitrogen and oxygen atoms in total. The molecular formula is C14H19FN2O2. The van der Waals surface area contributed by atoms with Crippen molar-refractivity contribution in [1.82, 2.24) is 10.2 Å².